The predicted molar refractivity (Wildman–Crippen MR) is 258 cm³/mol. The Hall–Kier alpha value is -6.64. The fourth-order valence-corrected chi connectivity index (χ4v) is 7.39. The molecule has 0 heterocycles. The Kier molecular flexibility index (Phi) is 35.4. The lowest BCUT2D eigenvalue weighted by Gasteiger charge is -2.39. The van der Waals surface area contributed by atoms with Crippen molar-refractivity contribution in [1.82, 2.24) is 35.6 Å². The number of nitrogens with one attached hydrogen (secondary N) is 3. The highest BCUT2D eigenvalue weighted by Gasteiger charge is 2.35. The van der Waals surface area contributed by atoms with Crippen molar-refractivity contribution >= 4 is 71.4 Å². The molecule has 3 atom stereocenters. The fourth-order valence-electron chi connectivity index (χ4n) is 7.39. The molecule has 31 heteroatoms. The number of unbranched alkanes of at least 4 members (excludes halogenated alkanes) is 3. The summed E-state index contributed by atoms with van der Waals surface area (Å²) in [6.07, 6.45) is 0.903. The molecule has 31 nitrogen and oxygen atoms in total. The van der Waals surface area contributed by atoms with Gasteiger partial charge in [-0.05, 0) is 71.9 Å². The first-order valence-electron chi connectivity index (χ1n) is 24.1. The molecule has 0 aromatic rings. The second-order valence-electron chi connectivity index (χ2n) is 17.7. The topological polar surface area (TPSA) is 464 Å². The van der Waals surface area contributed by atoms with E-state index in [2.05, 4.69) is 16.0 Å². The van der Waals surface area contributed by atoms with Gasteiger partial charge in [0.25, 0.3) is 0 Å². The Morgan fingerprint density at radius 3 is 0.789 bits per heavy atom. The number of amides is 3. The number of hydrogen-bond acceptors (Lipinski definition) is 19. The zero-order valence-electron chi connectivity index (χ0n) is 42.8. The normalized spacial score (nSPS) is 13.3. The van der Waals surface area contributed by atoms with Gasteiger partial charge >= 0.3 is 53.7 Å². The van der Waals surface area contributed by atoms with Gasteiger partial charge in [0.1, 0.15) is 18.1 Å². The zero-order chi connectivity index (χ0) is 57.8. The van der Waals surface area contributed by atoms with Crippen LogP contribution in [0.15, 0.2) is 0 Å². The van der Waals surface area contributed by atoms with Crippen LogP contribution in [-0.4, -0.2) is 273 Å². The van der Waals surface area contributed by atoms with Gasteiger partial charge in [0, 0.05) is 38.9 Å². The highest BCUT2D eigenvalue weighted by molar-refractivity contribution is 5.80. The Morgan fingerprint density at radius 2 is 0.605 bits per heavy atom. The van der Waals surface area contributed by atoms with Gasteiger partial charge < -0.3 is 76.1 Å². The number of carbonyl (C=O) groups is 12. The largest absolute Gasteiger partial charge is 0.480 e. The average Bonchev–Trinajstić information content (AvgIpc) is 3.29. The molecule has 0 aliphatic rings. The van der Waals surface area contributed by atoms with Crippen molar-refractivity contribution in [1.29, 1.82) is 0 Å². The number of ether oxygens (including phenoxy) is 3. The summed E-state index contributed by atoms with van der Waals surface area (Å²) in [5.41, 5.74) is -1.06. The summed E-state index contributed by atoms with van der Waals surface area (Å²) in [6.45, 7) is -4.99. The van der Waals surface area contributed by atoms with Gasteiger partial charge in [-0.2, -0.15) is 0 Å². The lowest BCUT2D eigenvalue weighted by Crippen LogP contribution is -2.56. The van der Waals surface area contributed by atoms with E-state index in [4.69, 9.17) is 44.8 Å². The second kappa shape index (κ2) is 38.8. The van der Waals surface area contributed by atoms with Crippen molar-refractivity contribution in [2.75, 3.05) is 113 Å². The summed E-state index contributed by atoms with van der Waals surface area (Å²) in [4.78, 5) is 145. The smallest absolute Gasteiger partial charge is 0.320 e. The van der Waals surface area contributed by atoms with E-state index in [1.54, 1.807) is 19.0 Å². The quantitative estimate of drug-likeness (QED) is 0.0273. The molecule has 0 radical (unpaired) electrons. The minimum Gasteiger partial charge on any atom is -0.480 e. The molecule has 434 valence electrons. The maximum absolute atomic E-state index is 12.6. The van der Waals surface area contributed by atoms with E-state index >= 15 is 0 Å². The molecule has 3 amide bonds. The summed E-state index contributed by atoms with van der Waals surface area (Å²) >= 11 is 0. The number of aliphatic carboxylic acids is 9. The Balaban J connectivity index is 5.47. The lowest BCUT2D eigenvalue weighted by molar-refractivity contribution is -0.152. The molecule has 0 aromatic carbocycles. The molecule has 0 saturated heterocycles. The highest BCUT2D eigenvalue weighted by atomic mass is 16.5. The highest BCUT2D eigenvalue weighted by Crippen LogP contribution is 2.17. The van der Waals surface area contributed by atoms with Crippen LogP contribution < -0.4 is 16.0 Å². The number of carboxylic acid groups (broad SMARTS) is 9. The van der Waals surface area contributed by atoms with Gasteiger partial charge in [-0.1, -0.05) is 0 Å². The van der Waals surface area contributed by atoms with E-state index in [-0.39, 0.29) is 136 Å². The van der Waals surface area contributed by atoms with Crippen molar-refractivity contribution in [2.24, 2.45) is 0 Å². The number of nitrogens with zero attached hydrogens (tertiary/aromatic N) is 4. The molecule has 3 unspecified atom stereocenters. The van der Waals surface area contributed by atoms with E-state index in [9.17, 15) is 72.9 Å². The number of carbonyl (C=O) groups excluding carboxylic acids is 3. The number of carboxylic acids is 9. The second-order valence-corrected chi connectivity index (χ2v) is 17.7. The maximum atomic E-state index is 12.6. The minimum absolute atomic E-state index is 0.0819. The molecule has 0 saturated carbocycles. The van der Waals surface area contributed by atoms with Crippen molar-refractivity contribution in [3.05, 3.63) is 0 Å². The average molecular weight is 1100 g/mol. The van der Waals surface area contributed by atoms with Crippen LogP contribution in [0.1, 0.15) is 77.0 Å². The third-order valence-electron chi connectivity index (χ3n) is 11.4. The first kappa shape index (κ1) is 69.4. The van der Waals surface area contributed by atoms with Crippen molar-refractivity contribution in [3.8, 4) is 0 Å². The zero-order valence-corrected chi connectivity index (χ0v) is 42.8. The molecular weight excluding hydrogens is 1020 g/mol. The van der Waals surface area contributed by atoms with Gasteiger partial charge in [-0.15, -0.1) is 0 Å². The van der Waals surface area contributed by atoms with Gasteiger partial charge in [0.2, 0.25) is 17.7 Å². The third-order valence-corrected chi connectivity index (χ3v) is 11.4. The molecular formula is C45H75N7O24. The van der Waals surface area contributed by atoms with Crippen LogP contribution in [0, 0.1) is 0 Å². The number of rotatable bonds is 49. The van der Waals surface area contributed by atoms with E-state index < -0.39 is 134 Å². The Bertz CT molecular complexity index is 1660. The van der Waals surface area contributed by atoms with E-state index in [0.29, 0.717) is 0 Å². The van der Waals surface area contributed by atoms with Crippen LogP contribution in [0.3, 0.4) is 0 Å². The van der Waals surface area contributed by atoms with Crippen LogP contribution in [0.25, 0.3) is 0 Å². The number of likely N-dealkylation sites (N-methyl/N-ethyl adjacent to an activating group) is 1. The van der Waals surface area contributed by atoms with Crippen molar-refractivity contribution < 1.29 is 118 Å². The Labute approximate surface area is 437 Å². The van der Waals surface area contributed by atoms with Crippen LogP contribution in [-0.2, 0) is 71.7 Å². The van der Waals surface area contributed by atoms with Gasteiger partial charge in [0.05, 0.1) is 84.4 Å². The summed E-state index contributed by atoms with van der Waals surface area (Å²) in [5, 5.41) is 91.3. The molecule has 76 heavy (non-hydrogen) atoms. The molecule has 0 bridgehead atoms. The Morgan fingerprint density at radius 1 is 0.382 bits per heavy atom. The predicted octanol–water partition coefficient (Wildman–Crippen LogP) is -2.86. The van der Waals surface area contributed by atoms with Crippen LogP contribution in [0.2, 0.25) is 0 Å². The standard InChI is InChI=1S/C45H75N7O24/c1-49(2)45(27-74-18-12-33(53)46-15-6-3-9-30(42(68)69)50(21-36(56)57)22-37(58)59,28-75-19-13-34(54)47-16-7-4-10-31(43(70)71)51(23-38(60)61)24-39(62)63)29-76-20-14-35(55)48-17-8-5-11-32(44(72)73)52(25-40(64)65)26-41(66)67/h30-32H,3-29H2,1-2H3,(H,46,53)(H,47,54)(H,48,55)(H,56,57)(H,58,59)(H,60,61)(H,62,63)(H,64,65)(H,66,67)(H,68,69)(H,70,71)(H,72,73). The summed E-state index contributed by atoms with van der Waals surface area (Å²) < 4.78 is 17.7. The van der Waals surface area contributed by atoms with Crippen molar-refractivity contribution in [2.45, 2.75) is 101 Å². The molecule has 0 aliphatic carbocycles. The van der Waals surface area contributed by atoms with E-state index in [1.165, 1.54) is 0 Å². The van der Waals surface area contributed by atoms with Crippen molar-refractivity contribution in [3.63, 3.8) is 0 Å². The summed E-state index contributed by atoms with van der Waals surface area (Å²) in [7, 11) is 3.38. The maximum Gasteiger partial charge on any atom is 0.320 e. The van der Waals surface area contributed by atoms with Gasteiger partial charge in [-0.25, -0.2) is 0 Å². The summed E-state index contributed by atoms with van der Waals surface area (Å²) in [5.74, 6) is -13.8. The summed E-state index contributed by atoms with van der Waals surface area (Å²) in [6, 6.07) is -4.15. The molecule has 0 fully saturated rings. The van der Waals surface area contributed by atoms with Crippen LogP contribution in [0.4, 0.5) is 0 Å². The van der Waals surface area contributed by atoms with Gasteiger partial charge in [-0.3, -0.25) is 77.1 Å². The van der Waals surface area contributed by atoms with Crippen LogP contribution >= 0.6 is 0 Å². The molecule has 0 spiro atoms. The molecule has 0 aromatic heterocycles. The minimum atomic E-state index is -1.40. The van der Waals surface area contributed by atoms with E-state index in [0.717, 1.165) is 14.7 Å². The van der Waals surface area contributed by atoms with E-state index in [1.807, 2.05) is 0 Å². The number of hydrogen-bond donors (Lipinski definition) is 12. The van der Waals surface area contributed by atoms with Gasteiger partial charge in [0.15, 0.2) is 0 Å². The molecule has 12 N–H and O–H groups in total. The first-order chi connectivity index (χ1) is 35.7. The first-order valence-corrected chi connectivity index (χ1v) is 24.1. The third kappa shape index (κ3) is 32.6. The molecule has 0 rings (SSSR count). The fraction of sp³-hybridized carbons (Fsp3) is 0.733. The SMILES string of the molecule is CN(C)C(COCCC(=O)NCCCCC(C(=O)O)N(CC(=O)O)CC(=O)O)(COCCC(=O)NCCCCC(C(=O)O)N(CC(=O)O)CC(=O)O)COCCC(=O)NCCCCC(C(=O)O)N(CC(=O)O)CC(=O)O. The monoisotopic (exact) mass is 1100 g/mol. The van der Waals surface area contributed by atoms with Crippen LogP contribution in [0.5, 0.6) is 0 Å². The lowest BCUT2D eigenvalue weighted by atomic mass is 10.0. The molecule has 0 aliphatic heterocycles.